The van der Waals surface area contributed by atoms with Gasteiger partial charge < -0.3 is 17.7 Å². The first-order valence-electron chi connectivity index (χ1n) is 20.5. The topological polar surface area (TPSA) is 78.3 Å². The van der Waals surface area contributed by atoms with E-state index in [4.69, 9.17) is 17.7 Å². The standard InChI is InChI=1S/C53H40N2O4/c1-3-29-53(30-4-2)41-31-37(47-27-25-45(56-47)33-13-17-35(18-14-33)51-54-43-9-5-7-11-49(43)58-51)21-23-39(41)40-24-22-38(32-42(40)53)48-28-26-46(57-48)34-15-19-36(20-16-34)52-55-44-10-6-8-12-50(44)59-52/h5-28,31-32H,3-4,29-30H2,1-2H3. The van der Waals surface area contributed by atoms with Crippen LogP contribution in [0, 0.1) is 0 Å². The average molecular weight is 769 g/mol. The quantitative estimate of drug-likeness (QED) is 0.138. The van der Waals surface area contributed by atoms with E-state index >= 15 is 0 Å². The Bertz CT molecular complexity index is 2860. The van der Waals surface area contributed by atoms with Gasteiger partial charge in [0.05, 0.1) is 0 Å². The first kappa shape index (κ1) is 35.0. The summed E-state index contributed by atoms with van der Waals surface area (Å²) in [7, 11) is 0. The van der Waals surface area contributed by atoms with Gasteiger partial charge in [0.1, 0.15) is 34.1 Å². The molecule has 0 radical (unpaired) electrons. The highest BCUT2D eigenvalue weighted by molar-refractivity contribution is 5.86. The zero-order chi connectivity index (χ0) is 39.5. The molecule has 4 heterocycles. The highest BCUT2D eigenvalue weighted by Gasteiger charge is 2.42. The molecule has 0 bridgehead atoms. The zero-order valence-electron chi connectivity index (χ0n) is 32.9. The lowest BCUT2D eigenvalue weighted by molar-refractivity contribution is 0.436. The SMILES string of the molecule is CCCC1(CCC)c2cc(-c3ccc(-c4ccc(-c5nc6ccccc6o5)cc4)o3)ccc2-c2ccc(-c3ccc(-c4ccc(-c5nc6ccccc6o5)cc4)o3)cc21. The number of aromatic nitrogens is 2. The van der Waals surface area contributed by atoms with Gasteiger partial charge >= 0.3 is 0 Å². The molecule has 1 aliphatic rings. The smallest absolute Gasteiger partial charge is 0.227 e. The van der Waals surface area contributed by atoms with Crippen molar-refractivity contribution in [2.24, 2.45) is 0 Å². The second-order valence-electron chi connectivity index (χ2n) is 15.6. The predicted octanol–water partition coefficient (Wildman–Crippen LogP) is 15.0. The highest BCUT2D eigenvalue weighted by atomic mass is 16.4. The summed E-state index contributed by atoms with van der Waals surface area (Å²) < 4.78 is 25.1. The second kappa shape index (κ2) is 14.0. The summed E-state index contributed by atoms with van der Waals surface area (Å²) >= 11 is 0. The molecule has 1 aliphatic carbocycles. The molecule has 0 saturated heterocycles. The third kappa shape index (κ3) is 5.94. The van der Waals surface area contributed by atoms with E-state index < -0.39 is 0 Å². The molecule has 6 aromatic carbocycles. The highest BCUT2D eigenvalue weighted by Crippen LogP contribution is 2.55. The van der Waals surface area contributed by atoms with Crippen molar-refractivity contribution in [1.29, 1.82) is 0 Å². The normalized spacial score (nSPS) is 13.0. The van der Waals surface area contributed by atoms with E-state index in [1.807, 2.05) is 72.8 Å². The van der Waals surface area contributed by atoms with Crippen molar-refractivity contribution in [3.05, 3.63) is 169 Å². The van der Waals surface area contributed by atoms with Gasteiger partial charge in [0.25, 0.3) is 0 Å². The summed E-state index contributed by atoms with van der Waals surface area (Å²) in [6.45, 7) is 4.59. The molecule has 0 fully saturated rings. The molecule has 0 amide bonds. The second-order valence-corrected chi connectivity index (χ2v) is 15.6. The van der Waals surface area contributed by atoms with Crippen LogP contribution in [0.5, 0.6) is 0 Å². The van der Waals surface area contributed by atoms with Crippen LogP contribution in [0.3, 0.4) is 0 Å². The number of hydrogen-bond acceptors (Lipinski definition) is 6. The summed E-state index contributed by atoms with van der Waals surface area (Å²) in [5, 5.41) is 0. The van der Waals surface area contributed by atoms with Crippen LogP contribution in [0.15, 0.2) is 175 Å². The van der Waals surface area contributed by atoms with Crippen molar-refractivity contribution in [3.8, 4) is 79.3 Å². The Morgan fingerprint density at radius 1 is 0.390 bits per heavy atom. The van der Waals surface area contributed by atoms with Crippen LogP contribution in [-0.4, -0.2) is 9.97 Å². The summed E-state index contributed by atoms with van der Waals surface area (Å²) in [6, 6.07) is 54.1. The first-order valence-corrected chi connectivity index (χ1v) is 20.5. The Kier molecular flexibility index (Phi) is 8.33. The Labute approximate surface area is 341 Å². The van der Waals surface area contributed by atoms with Crippen LogP contribution >= 0.6 is 0 Å². The van der Waals surface area contributed by atoms with Crippen molar-refractivity contribution < 1.29 is 17.7 Å². The molecule has 6 nitrogen and oxygen atoms in total. The number of benzene rings is 6. The van der Waals surface area contributed by atoms with Crippen LogP contribution in [0.1, 0.15) is 50.7 Å². The van der Waals surface area contributed by atoms with E-state index in [1.54, 1.807) is 0 Å². The number of para-hydroxylation sites is 4. The van der Waals surface area contributed by atoms with Crippen LogP contribution in [0.2, 0.25) is 0 Å². The van der Waals surface area contributed by atoms with E-state index in [-0.39, 0.29) is 5.41 Å². The monoisotopic (exact) mass is 768 g/mol. The molecule has 0 atom stereocenters. The van der Waals surface area contributed by atoms with Crippen molar-refractivity contribution in [1.82, 2.24) is 9.97 Å². The largest absolute Gasteiger partial charge is 0.456 e. The Balaban J connectivity index is 0.879. The Hall–Kier alpha value is -7.18. The maximum absolute atomic E-state index is 6.57. The summed E-state index contributed by atoms with van der Waals surface area (Å²) in [6.07, 6.45) is 4.25. The van der Waals surface area contributed by atoms with Crippen molar-refractivity contribution >= 4 is 22.2 Å². The summed E-state index contributed by atoms with van der Waals surface area (Å²) in [5.41, 5.74) is 14.5. The Morgan fingerprint density at radius 2 is 0.763 bits per heavy atom. The molecule has 59 heavy (non-hydrogen) atoms. The third-order valence-electron chi connectivity index (χ3n) is 11.9. The fourth-order valence-electron chi connectivity index (χ4n) is 9.16. The van der Waals surface area contributed by atoms with Gasteiger partial charge in [-0.05, 0) is 120 Å². The van der Waals surface area contributed by atoms with E-state index in [2.05, 4.69) is 109 Å². The first-order chi connectivity index (χ1) is 29.1. The maximum Gasteiger partial charge on any atom is 0.227 e. The van der Waals surface area contributed by atoms with Crippen LogP contribution in [-0.2, 0) is 5.41 Å². The maximum atomic E-state index is 6.57. The molecule has 4 aromatic heterocycles. The number of furan rings is 2. The van der Waals surface area contributed by atoms with E-state index in [1.165, 1.54) is 22.3 Å². The third-order valence-corrected chi connectivity index (χ3v) is 11.9. The number of rotatable bonds is 10. The van der Waals surface area contributed by atoms with Gasteiger partial charge in [-0.2, -0.15) is 0 Å². The van der Waals surface area contributed by atoms with E-state index in [9.17, 15) is 0 Å². The summed E-state index contributed by atoms with van der Waals surface area (Å²) in [4.78, 5) is 9.32. The molecule has 0 aliphatic heterocycles. The number of fused-ring (bicyclic) bond motifs is 5. The molecule has 11 rings (SSSR count). The fraction of sp³-hybridized carbons (Fsp3) is 0.132. The van der Waals surface area contributed by atoms with Gasteiger partial charge in [0.2, 0.25) is 11.8 Å². The molecule has 0 unspecified atom stereocenters. The molecule has 0 spiro atoms. The lowest BCUT2D eigenvalue weighted by atomic mass is 9.71. The lowest BCUT2D eigenvalue weighted by Gasteiger charge is -2.32. The molecular formula is C53H40N2O4. The number of nitrogens with zero attached hydrogens (tertiary/aromatic N) is 2. The molecule has 6 heteroatoms. The minimum absolute atomic E-state index is 0.119. The zero-order valence-corrected chi connectivity index (χ0v) is 32.9. The van der Waals surface area contributed by atoms with Gasteiger partial charge in [0.15, 0.2) is 11.2 Å². The van der Waals surface area contributed by atoms with Crippen LogP contribution in [0.25, 0.3) is 102 Å². The molecule has 10 aromatic rings. The number of hydrogen-bond donors (Lipinski definition) is 0. The minimum Gasteiger partial charge on any atom is -0.456 e. The molecule has 286 valence electrons. The average Bonchev–Trinajstić information content (AvgIpc) is 4.14. The van der Waals surface area contributed by atoms with Gasteiger partial charge in [-0.15, -0.1) is 0 Å². The Morgan fingerprint density at radius 3 is 1.17 bits per heavy atom. The van der Waals surface area contributed by atoms with Crippen molar-refractivity contribution in [2.75, 3.05) is 0 Å². The molecule has 0 N–H and O–H groups in total. The van der Waals surface area contributed by atoms with Crippen molar-refractivity contribution in [2.45, 2.75) is 44.9 Å². The van der Waals surface area contributed by atoms with Gasteiger partial charge in [0, 0.05) is 38.8 Å². The molecule has 0 saturated carbocycles. The summed E-state index contributed by atoms with van der Waals surface area (Å²) in [5.74, 6) is 4.58. The number of oxazole rings is 2. The minimum atomic E-state index is -0.119. The predicted molar refractivity (Wildman–Crippen MR) is 235 cm³/mol. The van der Waals surface area contributed by atoms with E-state index in [0.717, 1.165) is 104 Å². The van der Waals surface area contributed by atoms with E-state index in [0.29, 0.717) is 11.8 Å². The molecular weight excluding hydrogens is 729 g/mol. The van der Waals surface area contributed by atoms with Crippen LogP contribution in [0.4, 0.5) is 0 Å². The van der Waals surface area contributed by atoms with Gasteiger partial charge in [-0.1, -0.05) is 99.5 Å². The fourth-order valence-corrected chi connectivity index (χ4v) is 9.16. The van der Waals surface area contributed by atoms with Crippen molar-refractivity contribution in [3.63, 3.8) is 0 Å². The van der Waals surface area contributed by atoms with Gasteiger partial charge in [-0.3, -0.25) is 0 Å². The van der Waals surface area contributed by atoms with Crippen LogP contribution < -0.4 is 0 Å². The lowest BCUT2D eigenvalue weighted by Crippen LogP contribution is -2.25. The van der Waals surface area contributed by atoms with Gasteiger partial charge in [-0.25, -0.2) is 9.97 Å².